The van der Waals surface area contributed by atoms with Crippen molar-refractivity contribution in [1.82, 2.24) is 5.32 Å². The van der Waals surface area contributed by atoms with Crippen molar-refractivity contribution >= 4 is 29.1 Å². The first-order valence-corrected chi connectivity index (χ1v) is 9.09. The number of amides is 2. The van der Waals surface area contributed by atoms with E-state index >= 15 is 0 Å². The summed E-state index contributed by atoms with van der Waals surface area (Å²) in [4.78, 5) is 24.7. The molecule has 0 fully saturated rings. The van der Waals surface area contributed by atoms with Crippen LogP contribution >= 0.6 is 11.6 Å². The van der Waals surface area contributed by atoms with Gasteiger partial charge in [0.05, 0.1) is 11.3 Å². The number of benzene rings is 3. The summed E-state index contributed by atoms with van der Waals surface area (Å²) in [5.41, 5.74) is 1.81. The van der Waals surface area contributed by atoms with Crippen molar-refractivity contribution in [3.05, 3.63) is 95.0 Å². The quantitative estimate of drug-likeness (QED) is 0.628. The van der Waals surface area contributed by atoms with E-state index < -0.39 is 0 Å². The van der Waals surface area contributed by atoms with Crippen LogP contribution in [0.1, 0.15) is 15.9 Å². The van der Waals surface area contributed by atoms with E-state index in [-0.39, 0.29) is 18.4 Å². The third-order valence-electron chi connectivity index (χ3n) is 3.93. The van der Waals surface area contributed by atoms with Crippen molar-refractivity contribution in [2.45, 2.75) is 6.54 Å². The molecule has 0 saturated heterocycles. The zero-order valence-electron chi connectivity index (χ0n) is 15.0. The Bertz CT molecular complexity index is 944. The lowest BCUT2D eigenvalue weighted by atomic mass is 10.1. The van der Waals surface area contributed by atoms with Gasteiger partial charge in [0.1, 0.15) is 5.75 Å². The van der Waals surface area contributed by atoms with Crippen LogP contribution in [0.4, 0.5) is 5.69 Å². The van der Waals surface area contributed by atoms with Crippen LogP contribution in [0, 0.1) is 0 Å². The molecule has 3 aromatic rings. The number of carbonyl (C=O) groups excluding carboxylic acids is 2. The number of para-hydroxylation sites is 1. The zero-order chi connectivity index (χ0) is 19.8. The summed E-state index contributed by atoms with van der Waals surface area (Å²) < 4.78 is 5.43. The van der Waals surface area contributed by atoms with E-state index in [9.17, 15) is 9.59 Å². The second-order valence-electron chi connectivity index (χ2n) is 6.00. The van der Waals surface area contributed by atoms with Gasteiger partial charge >= 0.3 is 0 Å². The normalized spacial score (nSPS) is 10.2. The fourth-order valence-corrected chi connectivity index (χ4v) is 2.66. The number of nitrogens with one attached hydrogen (secondary N) is 2. The molecule has 0 spiro atoms. The van der Waals surface area contributed by atoms with E-state index in [4.69, 9.17) is 16.3 Å². The average Bonchev–Trinajstić information content (AvgIpc) is 2.73. The molecule has 0 aliphatic heterocycles. The Morgan fingerprint density at radius 1 is 0.857 bits per heavy atom. The minimum Gasteiger partial charge on any atom is -0.484 e. The Kier molecular flexibility index (Phi) is 6.65. The third-order valence-corrected chi connectivity index (χ3v) is 4.18. The van der Waals surface area contributed by atoms with Crippen LogP contribution in [0.15, 0.2) is 78.9 Å². The Hall–Kier alpha value is -3.31. The lowest BCUT2D eigenvalue weighted by molar-refractivity contribution is -0.118. The SMILES string of the molecule is O=C(COc1ccc(Cl)cc1)Nc1ccccc1C(=O)NCc1ccccc1. The van der Waals surface area contributed by atoms with Gasteiger partial charge in [-0.15, -0.1) is 0 Å². The summed E-state index contributed by atoms with van der Waals surface area (Å²) in [6, 6.07) is 23.2. The molecule has 3 rings (SSSR count). The number of ether oxygens (including phenoxy) is 1. The number of halogens is 1. The summed E-state index contributed by atoms with van der Waals surface area (Å²) in [5.74, 6) is -0.0925. The van der Waals surface area contributed by atoms with Gasteiger partial charge in [-0.05, 0) is 42.0 Å². The molecule has 0 bridgehead atoms. The second kappa shape index (κ2) is 9.58. The van der Waals surface area contributed by atoms with Gasteiger partial charge in [-0.3, -0.25) is 9.59 Å². The highest BCUT2D eigenvalue weighted by molar-refractivity contribution is 6.30. The van der Waals surface area contributed by atoms with Crippen LogP contribution in [0.3, 0.4) is 0 Å². The van der Waals surface area contributed by atoms with Crippen LogP contribution in [0.25, 0.3) is 0 Å². The van der Waals surface area contributed by atoms with E-state index in [2.05, 4.69) is 10.6 Å². The van der Waals surface area contributed by atoms with Crippen LogP contribution in [0.2, 0.25) is 5.02 Å². The molecule has 0 aliphatic rings. The molecule has 2 amide bonds. The molecule has 0 heterocycles. The van der Waals surface area contributed by atoms with Crippen molar-refractivity contribution < 1.29 is 14.3 Å². The van der Waals surface area contributed by atoms with Gasteiger partial charge in [0.25, 0.3) is 11.8 Å². The molecule has 2 N–H and O–H groups in total. The molecule has 5 nitrogen and oxygen atoms in total. The summed E-state index contributed by atoms with van der Waals surface area (Å²) in [5, 5.41) is 6.17. The molecular formula is C22H19ClN2O3. The number of carbonyl (C=O) groups is 2. The molecule has 28 heavy (non-hydrogen) atoms. The highest BCUT2D eigenvalue weighted by Crippen LogP contribution is 2.17. The van der Waals surface area contributed by atoms with Gasteiger partial charge in [-0.25, -0.2) is 0 Å². The van der Waals surface area contributed by atoms with Crippen molar-refractivity contribution in [2.24, 2.45) is 0 Å². The van der Waals surface area contributed by atoms with E-state index in [1.165, 1.54) is 0 Å². The summed E-state index contributed by atoms with van der Waals surface area (Å²) in [6.07, 6.45) is 0. The van der Waals surface area contributed by atoms with Crippen molar-refractivity contribution in [3.8, 4) is 5.75 Å². The molecule has 0 saturated carbocycles. The van der Waals surface area contributed by atoms with Crippen LogP contribution in [0.5, 0.6) is 5.75 Å². The summed E-state index contributed by atoms with van der Waals surface area (Å²) in [6.45, 7) is 0.225. The number of rotatable bonds is 7. The Balaban J connectivity index is 1.58. The minimum absolute atomic E-state index is 0.179. The van der Waals surface area contributed by atoms with Crippen LogP contribution in [-0.2, 0) is 11.3 Å². The molecule has 142 valence electrons. The van der Waals surface area contributed by atoms with Gasteiger partial charge in [-0.2, -0.15) is 0 Å². The number of hydrogen-bond donors (Lipinski definition) is 2. The van der Waals surface area contributed by atoms with Gasteiger partial charge in [0, 0.05) is 11.6 Å². The Morgan fingerprint density at radius 3 is 2.29 bits per heavy atom. The van der Waals surface area contributed by atoms with E-state index in [1.807, 2.05) is 30.3 Å². The minimum atomic E-state index is -0.363. The maximum absolute atomic E-state index is 12.5. The first-order valence-electron chi connectivity index (χ1n) is 8.71. The van der Waals surface area contributed by atoms with Gasteiger partial charge in [-0.1, -0.05) is 54.1 Å². The van der Waals surface area contributed by atoms with Crippen molar-refractivity contribution in [2.75, 3.05) is 11.9 Å². The molecule has 0 radical (unpaired) electrons. The smallest absolute Gasteiger partial charge is 0.262 e. The lowest BCUT2D eigenvalue weighted by Gasteiger charge is -2.12. The standard InChI is InChI=1S/C22H19ClN2O3/c23-17-10-12-18(13-11-17)28-15-21(26)25-20-9-5-4-8-19(20)22(27)24-14-16-6-2-1-3-7-16/h1-13H,14-15H2,(H,24,27)(H,25,26). The maximum atomic E-state index is 12.5. The predicted molar refractivity (Wildman–Crippen MR) is 110 cm³/mol. The fraction of sp³-hybridized carbons (Fsp3) is 0.0909. The highest BCUT2D eigenvalue weighted by Gasteiger charge is 2.13. The fourth-order valence-electron chi connectivity index (χ4n) is 2.53. The summed E-state index contributed by atoms with van der Waals surface area (Å²) in [7, 11) is 0. The lowest BCUT2D eigenvalue weighted by Crippen LogP contribution is -2.26. The monoisotopic (exact) mass is 394 g/mol. The molecular weight excluding hydrogens is 376 g/mol. The van der Waals surface area contributed by atoms with Crippen LogP contribution in [-0.4, -0.2) is 18.4 Å². The highest BCUT2D eigenvalue weighted by atomic mass is 35.5. The zero-order valence-corrected chi connectivity index (χ0v) is 15.8. The van der Waals surface area contributed by atoms with Gasteiger partial charge in [0.2, 0.25) is 0 Å². The average molecular weight is 395 g/mol. The molecule has 0 aromatic heterocycles. The van der Waals surface area contributed by atoms with Crippen LogP contribution < -0.4 is 15.4 Å². The molecule has 6 heteroatoms. The van der Waals surface area contributed by atoms with Crippen molar-refractivity contribution in [1.29, 1.82) is 0 Å². The first-order chi connectivity index (χ1) is 13.6. The second-order valence-corrected chi connectivity index (χ2v) is 6.44. The molecule has 3 aromatic carbocycles. The largest absolute Gasteiger partial charge is 0.484 e. The predicted octanol–water partition coefficient (Wildman–Crippen LogP) is 4.29. The first kappa shape index (κ1) is 19.5. The van der Waals surface area contributed by atoms with Gasteiger partial charge < -0.3 is 15.4 Å². The molecule has 0 atom stereocenters. The Labute approximate surface area is 168 Å². The number of anilines is 1. The topological polar surface area (TPSA) is 67.4 Å². The van der Waals surface area contributed by atoms with Crippen molar-refractivity contribution in [3.63, 3.8) is 0 Å². The molecule has 0 aliphatic carbocycles. The van der Waals surface area contributed by atoms with Gasteiger partial charge in [0.15, 0.2) is 6.61 Å². The van der Waals surface area contributed by atoms with E-state index in [1.54, 1.807) is 48.5 Å². The summed E-state index contributed by atoms with van der Waals surface area (Å²) >= 11 is 5.82. The Morgan fingerprint density at radius 2 is 1.54 bits per heavy atom. The third kappa shape index (κ3) is 5.59. The molecule has 0 unspecified atom stereocenters. The van der Waals surface area contributed by atoms with E-state index in [0.29, 0.717) is 28.6 Å². The van der Waals surface area contributed by atoms with E-state index in [0.717, 1.165) is 5.56 Å². The number of hydrogen-bond acceptors (Lipinski definition) is 3. The maximum Gasteiger partial charge on any atom is 0.262 e.